The average molecular weight is 241 g/mol. The van der Waals surface area contributed by atoms with Crippen molar-refractivity contribution in [3.8, 4) is 0 Å². The largest absolute Gasteiger partial charge is 0.375 e. The molecule has 1 saturated carbocycles. The molecule has 3 aliphatic rings. The fraction of sp³-hybridized carbons (Fsp3) is 1.00. The first-order valence-corrected chi connectivity index (χ1v) is 6.92. The van der Waals surface area contributed by atoms with E-state index in [0.717, 1.165) is 26.2 Å². The van der Waals surface area contributed by atoms with Gasteiger partial charge in [-0.05, 0) is 59.3 Å². The second-order valence-corrected chi connectivity index (χ2v) is 5.59. The molecule has 4 nitrogen and oxygen atoms in total. The highest BCUT2D eigenvalue weighted by molar-refractivity contribution is 5.02. The molecule has 0 radical (unpaired) electrons. The van der Waals surface area contributed by atoms with E-state index in [1.54, 1.807) is 0 Å². The lowest BCUT2D eigenvalue weighted by Crippen LogP contribution is -2.51. The van der Waals surface area contributed by atoms with Gasteiger partial charge >= 0.3 is 0 Å². The van der Waals surface area contributed by atoms with Crippen LogP contribution in [0.5, 0.6) is 0 Å². The molecule has 2 aliphatic heterocycles. The number of nitrogens with one attached hydrogen (secondary N) is 3. The van der Waals surface area contributed by atoms with Crippen molar-refractivity contribution in [1.82, 2.24) is 16.0 Å². The van der Waals surface area contributed by atoms with Gasteiger partial charge in [-0.2, -0.15) is 0 Å². The molecule has 0 aromatic heterocycles. The summed E-state index contributed by atoms with van der Waals surface area (Å²) in [6.45, 7) is 4.42. The molecule has 1 aliphatic carbocycles. The number of hydrogen-bond acceptors (Lipinski definition) is 4. The molecule has 4 heteroatoms. The maximum absolute atomic E-state index is 5.52. The number of ether oxygens (including phenoxy) is 1. The SMILES string of the molecule is C1CC2(CCN1)CCO2.CNCC1(NC)CC1. The first kappa shape index (κ1) is 13.3. The van der Waals surface area contributed by atoms with Gasteiger partial charge in [-0.1, -0.05) is 0 Å². The van der Waals surface area contributed by atoms with E-state index in [1.165, 1.54) is 32.1 Å². The summed E-state index contributed by atoms with van der Waals surface area (Å²) in [5, 5.41) is 9.78. The van der Waals surface area contributed by atoms with Crippen molar-refractivity contribution >= 4 is 0 Å². The minimum Gasteiger partial charge on any atom is -0.375 e. The molecular weight excluding hydrogens is 214 g/mol. The lowest BCUT2D eigenvalue weighted by atomic mass is 9.85. The summed E-state index contributed by atoms with van der Waals surface area (Å²) < 4.78 is 5.52. The van der Waals surface area contributed by atoms with E-state index in [9.17, 15) is 0 Å². The van der Waals surface area contributed by atoms with Gasteiger partial charge in [0, 0.05) is 12.1 Å². The van der Waals surface area contributed by atoms with Crippen molar-refractivity contribution in [2.75, 3.05) is 40.3 Å². The Kier molecular flexibility index (Phi) is 4.42. The molecule has 0 bridgehead atoms. The van der Waals surface area contributed by atoms with Gasteiger partial charge in [0.1, 0.15) is 0 Å². The molecule has 0 aromatic rings. The molecule has 0 aromatic carbocycles. The van der Waals surface area contributed by atoms with E-state index in [1.807, 2.05) is 14.1 Å². The van der Waals surface area contributed by atoms with Crippen LogP contribution < -0.4 is 16.0 Å². The molecule has 3 fully saturated rings. The maximum Gasteiger partial charge on any atom is 0.0728 e. The van der Waals surface area contributed by atoms with E-state index >= 15 is 0 Å². The summed E-state index contributed by atoms with van der Waals surface area (Å²) >= 11 is 0. The van der Waals surface area contributed by atoms with Crippen LogP contribution in [0, 0.1) is 0 Å². The minimum absolute atomic E-state index is 0.339. The lowest BCUT2D eigenvalue weighted by Gasteiger charge is -2.44. The van der Waals surface area contributed by atoms with Crippen LogP contribution in [0.4, 0.5) is 0 Å². The molecule has 3 rings (SSSR count). The quantitative estimate of drug-likeness (QED) is 0.673. The van der Waals surface area contributed by atoms with Crippen molar-refractivity contribution in [1.29, 1.82) is 0 Å². The predicted molar refractivity (Wildman–Crippen MR) is 70.4 cm³/mol. The zero-order chi connectivity index (χ0) is 12.2. The Balaban J connectivity index is 0.000000128. The van der Waals surface area contributed by atoms with Crippen LogP contribution in [-0.4, -0.2) is 51.5 Å². The van der Waals surface area contributed by atoms with Crippen LogP contribution in [0.3, 0.4) is 0 Å². The zero-order valence-corrected chi connectivity index (χ0v) is 11.3. The first-order chi connectivity index (χ1) is 8.24. The normalized spacial score (nSPS) is 27.9. The molecule has 17 heavy (non-hydrogen) atoms. The Morgan fingerprint density at radius 3 is 1.94 bits per heavy atom. The van der Waals surface area contributed by atoms with Crippen LogP contribution in [0.1, 0.15) is 32.1 Å². The molecule has 1 spiro atoms. The van der Waals surface area contributed by atoms with Gasteiger partial charge < -0.3 is 20.7 Å². The number of hydrogen-bond donors (Lipinski definition) is 3. The molecule has 0 unspecified atom stereocenters. The van der Waals surface area contributed by atoms with Crippen LogP contribution in [0.25, 0.3) is 0 Å². The van der Waals surface area contributed by atoms with Crippen molar-refractivity contribution < 1.29 is 4.74 Å². The second-order valence-electron chi connectivity index (χ2n) is 5.59. The van der Waals surface area contributed by atoms with Crippen molar-refractivity contribution in [2.24, 2.45) is 0 Å². The Morgan fingerprint density at radius 1 is 1.06 bits per heavy atom. The average Bonchev–Trinajstić information content (AvgIpc) is 3.10. The number of rotatable bonds is 3. The summed E-state index contributed by atoms with van der Waals surface area (Å²) in [7, 11) is 4.03. The van der Waals surface area contributed by atoms with E-state index in [0.29, 0.717) is 11.1 Å². The Hall–Kier alpha value is -0.160. The number of likely N-dealkylation sites (N-methyl/N-ethyl adjacent to an activating group) is 2. The highest BCUT2D eigenvalue weighted by atomic mass is 16.5. The van der Waals surface area contributed by atoms with E-state index in [-0.39, 0.29) is 0 Å². The maximum atomic E-state index is 5.52. The molecule has 0 atom stereocenters. The van der Waals surface area contributed by atoms with Gasteiger partial charge in [-0.15, -0.1) is 0 Å². The smallest absolute Gasteiger partial charge is 0.0728 e. The third-order valence-corrected chi connectivity index (χ3v) is 4.38. The van der Waals surface area contributed by atoms with E-state index in [2.05, 4.69) is 16.0 Å². The monoisotopic (exact) mass is 241 g/mol. The molecule has 2 heterocycles. The van der Waals surface area contributed by atoms with Gasteiger partial charge in [0.2, 0.25) is 0 Å². The highest BCUT2D eigenvalue weighted by Crippen LogP contribution is 2.34. The Labute approximate surface area is 105 Å². The molecule has 100 valence electrons. The Morgan fingerprint density at radius 2 is 1.71 bits per heavy atom. The lowest BCUT2D eigenvalue weighted by molar-refractivity contribution is -0.160. The van der Waals surface area contributed by atoms with Gasteiger partial charge in [0.15, 0.2) is 0 Å². The standard InChI is InChI=1S/C7H13NO.C6H14N2/c1-4-8-5-2-7(1)3-6-9-7;1-7-5-6(8-2)3-4-6/h8H,1-6H2;7-8H,3-5H2,1-2H3. The van der Waals surface area contributed by atoms with Gasteiger partial charge in [0.25, 0.3) is 0 Å². The summed E-state index contributed by atoms with van der Waals surface area (Å²) in [6.07, 6.45) is 6.43. The predicted octanol–water partition coefficient (Wildman–Crippen LogP) is 0.487. The molecule has 3 N–H and O–H groups in total. The van der Waals surface area contributed by atoms with Crippen LogP contribution in [0.15, 0.2) is 0 Å². The molecule has 0 amide bonds. The summed E-state index contributed by atoms with van der Waals surface area (Å²) in [5.74, 6) is 0. The summed E-state index contributed by atoms with van der Waals surface area (Å²) in [6, 6.07) is 0. The van der Waals surface area contributed by atoms with Crippen molar-refractivity contribution in [3.63, 3.8) is 0 Å². The second kappa shape index (κ2) is 5.65. The fourth-order valence-electron chi connectivity index (χ4n) is 2.67. The van der Waals surface area contributed by atoms with Crippen molar-refractivity contribution in [2.45, 2.75) is 43.2 Å². The third kappa shape index (κ3) is 3.41. The van der Waals surface area contributed by atoms with Gasteiger partial charge in [-0.3, -0.25) is 0 Å². The fourth-order valence-corrected chi connectivity index (χ4v) is 2.67. The summed E-state index contributed by atoms with van der Waals surface area (Å²) in [4.78, 5) is 0. The summed E-state index contributed by atoms with van der Waals surface area (Å²) in [5.41, 5.74) is 0.819. The topological polar surface area (TPSA) is 45.3 Å². The van der Waals surface area contributed by atoms with Crippen LogP contribution in [-0.2, 0) is 4.74 Å². The minimum atomic E-state index is 0.339. The van der Waals surface area contributed by atoms with Crippen LogP contribution in [0.2, 0.25) is 0 Å². The molecule has 2 saturated heterocycles. The Bertz CT molecular complexity index is 229. The van der Waals surface area contributed by atoms with E-state index < -0.39 is 0 Å². The van der Waals surface area contributed by atoms with Crippen LogP contribution >= 0.6 is 0 Å². The van der Waals surface area contributed by atoms with Gasteiger partial charge in [0.05, 0.1) is 12.2 Å². The highest BCUT2D eigenvalue weighted by Gasteiger charge is 2.40. The molecular formula is C13H27N3O. The van der Waals surface area contributed by atoms with Gasteiger partial charge in [-0.25, -0.2) is 0 Å². The number of piperidine rings is 1. The van der Waals surface area contributed by atoms with Crippen molar-refractivity contribution in [3.05, 3.63) is 0 Å². The zero-order valence-electron chi connectivity index (χ0n) is 11.3. The third-order valence-electron chi connectivity index (χ3n) is 4.38. The first-order valence-electron chi connectivity index (χ1n) is 6.92. The van der Waals surface area contributed by atoms with E-state index in [4.69, 9.17) is 4.74 Å².